The first-order valence-electron chi connectivity index (χ1n) is 9.48. The predicted molar refractivity (Wildman–Crippen MR) is 119 cm³/mol. The molecule has 31 heavy (non-hydrogen) atoms. The van der Waals surface area contributed by atoms with E-state index in [1.54, 1.807) is 19.2 Å². The molecule has 0 heterocycles. The SMILES string of the molecule is CN(C(=O)CN(C)S(=O)(=O)c1ccc(Cl)cc1)C(c1ccccc1)c1ccc(F)cc1. The van der Waals surface area contributed by atoms with E-state index < -0.39 is 22.0 Å². The first-order valence-corrected chi connectivity index (χ1v) is 11.3. The van der Waals surface area contributed by atoms with E-state index in [0.717, 1.165) is 9.87 Å². The number of halogens is 2. The van der Waals surface area contributed by atoms with E-state index in [2.05, 4.69) is 0 Å². The topological polar surface area (TPSA) is 57.7 Å². The Morgan fingerprint density at radius 3 is 2.03 bits per heavy atom. The smallest absolute Gasteiger partial charge is 0.243 e. The van der Waals surface area contributed by atoms with Gasteiger partial charge in [0.15, 0.2) is 0 Å². The van der Waals surface area contributed by atoms with Gasteiger partial charge in [-0.3, -0.25) is 4.79 Å². The van der Waals surface area contributed by atoms with Crippen LogP contribution >= 0.6 is 11.6 Å². The van der Waals surface area contributed by atoms with Crippen LogP contribution in [0.4, 0.5) is 4.39 Å². The highest BCUT2D eigenvalue weighted by Gasteiger charge is 2.28. The van der Waals surface area contributed by atoms with Gasteiger partial charge in [-0.15, -0.1) is 0 Å². The third kappa shape index (κ3) is 5.31. The molecule has 162 valence electrons. The van der Waals surface area contributed by atoms with Gasteiger partial charge in [0.1, 0.15) is 5.82 Å². The van der Waals surface area contributed by atoms with Crippen LogP contribution in [0.2, 0.25) is 5.02 Å². The van der Waals surface area contributed by atoms with Crippen LogP contribution in [0.5, 0.6) is 0 Å². The zero-order valence-electron chi connectivity index (χ0n) is 17.1. The van der Waals surface area contributed by atoms with Crippen LogP contribution in [0.1, 0.15) is 17.2 Å². The van der Waals surface area contributed by atoms with Gasteiger partial charge in [0.25, 0.3) is 0 Å². The monoisotopic (exact) mass is 460 g/mol. The number of carbonyl (C=O) groups is 1. The minimum Gasteiger partial charge on any atom is -0.333 e. The maximum Gasteiger partial charge on any atom is 0.243 e. The van der Waals surface area contributed by atoms with Gasteiger partial charge in [0.05, 0.1) is 17.5 Å². The number of likely N-dealkylation sites (N-methyl/N-ethyl adjacent to an activating group) is 2. The highest BCUT2D eigenvalue weighted by molar-refractivity contribution is 7.89. The standard InChI is InChI=1S/C23H22ClFN2O3S/c1-26(31(29,30)21-14-10-19(24)11-15-21)16-22(28)27(2)23(17-6-4-3-5-7-17)18-8-12-20(25)13-9-18/h3-15,23H,16H2,1-2H3. The highest BCUT2D eigenvalue weighted by Crippen LogP contribution is 2.28. The number of hydrogen-bond donors (Lipinski definition) is 0. The maximum absolute atomic E-state index is 13.4. The van der Waals surface area contributed by atoms with E-state index in [1.165, 1.54) is 48.3 Å². The molecular formula is C23H22ClFN2O3S. The molecule has 0 N–H and O–H groups in total. The molecule has 3 aromatic rings. The van der Waals surface area contributed by atoms with Crippen LogP contribution in [-0.2, 0) is 14.8 Å². The molecule has 0 bridgehead atoms. The second-order valence-corrected chi connectivity index (χ2v) is 9.57. The number of nitrogens with zero attached hydrogens (tertiary/aromatic N) is 2. The van der Waals surface area contributed by atoms with Gasteiger partial charge in [-0.2, -0.15) is 4.31 Å². The Morgan fingerprint density at radius 1 is 0.903 bits per heavy atom. The Hall–Kier alpha value is -2.74. The molecule has 0 aliphatic heterocycles. The summed E-state index contributed by atoms with van der Waals surface area (Å²) in [6, 6.07) is 20.5. The minimum absolute atomic E-state index is 0.0491. The first kappa shape index (κ1) is 22.9. The molecule has 3 rings (SSSR count). The van der Waals surface area contributed by atoms with E-state index >= 15 is 0 Å². The van der Waals surface area contributed by atoms with Crippen molar-refractivity contribution in [2.75, 3.05) is 20.6 Å². The fourth-order valence-corrected chi connectivity index (χ4v) is 4.48. The first-order chi connectivity index (χ1) is 14.7. The number of carbonyl (C=O) groups excluding carboxylic acids is 1. The Balaban J connectivity index is 1.86. The van der Waals surface area contributed by atoms with Gasteiger partial charge < -0.3 is 4.90 Å². The lowest BCUT2D eigenvalue weighted by Gasteiger charge is -2.30. The maximum atomic E-state index is 13.4. The molecule has 0 aliphatic rings. The van der Waals surface area contributed by atoms with Gasteiger partial charge >= 0.3 is 0 Å². The van der Waals surface area contributed by atoms with Crippen LogP contribution in [0.25, 0.3) is 0 Å². The number of benzene rings is 3. The second kappa shape index (κ2) is 9.60. The Kier molecular flexibility index (Phi) is 7.10. The average molecular weight is 461 g/mol. The lowest BCUT2D eigenvalue weighted by Crippen LogP contribution is -2.41. The fraction of sp³-hybridized carbons (Fsp3) is 0.174. The molecule has 1 amide bonds. The van der Waals surface area contributed by atoms with Crippen LogP contribution in [0, 0.1) is 5.82 Å². The van der Waals surface area contributed by atoms with Crippen LogP contribution in [0.3, 0.4) is 0 Å². The Labute approximate surface area is 186 Å². The number of rotatable bonds is 7. The summed E-state index contributed by atoms with van der Waals surface area (Å²) >= 11 is 5.84. The van der Waals surface area contributed by atoms with Crippen molar-refractivity contribution in [3.63, 3.8) is 0 Å². The van der Waals surface area contributed by atoms with Crippen LogP contribution < -0.4 is 0 Å². The number of amides is 1. The summed E-state index contributed by atoms with van der Waals surface area (Å²) in [5, 5.41) is 0.419. The molecule has 1 unspecified atom stereocenters. The van der Waals surface area contributed by atoms with Crippen molar-refractivity contribution < 1.29 is 17.6 Å². The molecule has 0 radical (unpaired) electrons. The van der Waals surface area contributed by atoms with Gasteiger partial charge in [-0.25, -0.2) is 12.8 Å². The van der Waals surface area contributed by atoms with Crippen molar-refractivity contribution in [1.29, 1.82) is 0 Å². The molecular weight excluding hydrogens is 439 g/mol. The summed E-state index contributed by atoms with van der Waals surface area (Å²) < 4.78 is 40.1. The van der Waals surface area contributed by atoms with Crippen molar-refractivity contribution >= 4 is 27.5 Å². The third-order valence-corrected chi connectivity index (χ3v) is 7.03. The van der Waals surface area contributed by atoms with Crippen LogP contribution in [-0.4, -0.2) is 44.2 Å². The highest BCUT2D eigenvalue weighted by atomic mass is 35.5. The van der Waals surface area contributed by atoms with Gasteiger partial charge in [-0.1, -0.05) is 54.1 Å². The molecule has 0 fully saturated rings. The summed E-state index contributed by atoms with van der Waals surface area (Å²) in [7, 11) is -0.912. The van der Waals surface area contributed by atoms with Crippen molar-refractivity contribution in [3.8, 4) is 0 Å². The molecule has 1 atom stereocenters. The summed E-state index contributed by atoms with van der Waals surface area (Å²) in [4.78, 5) is 14.6. The Bertz CT molecular complexity index is 1140. The molecule has 8 heteroatoms. The van der Waals surface area contributed by atoms with Crippen molar-refractivity contribution in [2.24, 2.45) is 0 Å². The van der Waals surface area contributed by atoms with Gasteiger partial charge in [0.2, 0.25) is 15.9 Å². The van der Waals surface area contributed by atoms with E-state index in [0.29, 0.717) is 10.6 Å². The van der Waals surface area contributed by atoms with Crippen molar-refractivity contribution in [3.05, 3.63) is 101 Å². The van der Waals surface area contributed by atoms with E-state index in [9.17, 15) is 17.6 Å². The lowest BCUT2D eigenvalue weighted by atomic mass is 9.97. The summed E-state index contributed by atoms with van der Waals surface area (Å²) in [5.74, 6) is -0.781. The molecule has 0 spiro atoms. The average Bonchev–Trinajstić information content (AvgIpc) is 2.76. The molecule has 3 aromatic carbocycles. The van der Waals surface area contributed by atoms with Crippen LogP contribution in [0.15, 0.2) is 83.8 Å². The zero-order valence-corrected chi connectivity index (χ0v) is 18.6. The minimum atomic E-state index is -3.87. The fourth-order valence-electron chi connectivity index (χ4n) is 3.24. The number of sulfonamides is 1. The summed E-state index contributed by atoms with van der Waals surface area (Å²) in [5.41, 5.74) is 1.54. The zero-order chi connectivity index (χ0) is 22.6. The Morgan fingerprint density at radius 2 is 1.45 bits per heavy atom. The van der Waals surface area contributed by atoms with Gasteiger partial charge in [0, 0.05) is 19.1 Å². The van der Waals surface area contributed by atoms with Crippen molar-refractivity contribution in [1.82, 2.24) is 9.21 Å². The third-order valence-electron chi connectivity index (χ3n) is 4.96. The van der Waals surface area contributed by atoms with Gasteiger partial charge in [-0.05, 0) is 47.5 Å². The summed E-state index contributed by atoms with van der Waals surface area (Å²) in [6.45, 7) is -0.355. The molecule has 0 saturated heterocycles. The van der Waals surface area contributed by atoms with E-state index in [4.69, 9.17) is 11.6 Å². The molecule has 0 aromatic heterocycles. The predicted octanol–water partition coefficient (Wildman–Crippen LogP) is 4.35. The largest absolute Gasteiger partial charge is 0.333 e. The lowest BCUT2D eigenvalue weighted by molar-refractivity contribution is -0.131. The number of hydrogen-bond acceptors (Lipinski definition) is 3. The quantitative estimate of drug-likeness (QED) is 0.526. The van der Waals surface area contributed by atoms with Crippen molar-refractivity contribution in [2.45, 2.75) is 10.9 Å². The summed E-state index contributed by atoms with van der Waals surface area (Å²) in [6.07, 6.45) is 0. The van der Waals surface area contributed by atoms with E-state index in [-0.39, 0.29) is 17.3 Å². The molecule has 0 aliphatic carbocycles. The molecule has 0 saturated carbocycles. The van der Waals surface area contributed by atoms with E-state index in [1.807, 2.05) is 30.3 Å². The molecule has 5 nitrogen and oxygen atoms in total. The normalized spacial score (nSPS) is 12.5. The second-order valence-electron chi connectivity index (χ2n) is 7.08.